The number of halogens is 1. The monoisotopic (exact) mass is 283 g/mol. The SMILES string of the molecule is Nc1ccc(Br)c(OC2CCCCCC2)c1. The molecule has 88 valence electrons. The number of nitrogen functional groups attached to an aromatic ring is 1. The summed E-state index contributed by atoms with van der Waals surface area (Å²) >= 11 is 3.50. The number of anilines is 1. The Morgan fingerprint density at radius 2 is 1.81 bits per heavy atom. The van der Waals surface area contributed by atoms with E-state index in [9.17, 15) is 0 Å². The van der Waals surface area contributed by atoms with Gasteiger partial charge in [-0.25, -0.2) is 0 Å². The van der Waals surface area contributed by atoms with Gasteiger partial charge in [0.05, 0.1) is 10.6 Å². The first-order chi connectivity index (χ1) is 7.75. The van der Waals surface area contributed by atoms with Crippen molar-refractivity contribution in [2.45, 2.75) is 44.6 Å². The van der Waals surface area contributed by atoms with Gasteiger partial charge in [0.25, 0.3) is 0 Å². The smallest absolute Gasteiger partial charge is 0.135 e. The van der Waals surface area contributed by atoms with E-state index in [0.29, 0.717) is 6.10 Å². The summed E-state index contributed by atoms with van der Waals surface area (Å²) in [6.45, 7) is 0. The zero-order chi connectivity index (χ0) is 11.4. The fourth-order valence-electron chi connectivity index (χ4n) is 2.15. The van der Waals surface area contributed by atoms with Crippen molar-refractivity contribution in [2.24, 2.45) is 0 Å². The van der Waals surface area contributed by atoms with Gasteiger partial charge in [0, 0.05) is 11.8 Å². The van der Waals surface area contributed by atoms with Crippen LogP contribution in [0.1, 0.15) is 38.5 Å². The lowest BCUT2D eigenvalue weighted by Crippen LogP contribution is -2.15. The highest BCUT2D eigenvalue weighted by Crippen LogP contribution is 2.30. The summed E-state index contributed by atoms with van der Waals surface area (Å²) in [7, 11) is 0. The molecule has 1 aromatic carbocycles. The zero-order valence-corrected chi connectivity index (χ0v) is 11.0. The Morgan fingerprint density at radius 3 is 2.50 bits per heavy atom. The number of rotatable bonds is 2. The Labute approximate surface area is 105 Å². The van der Waals surface area contributed by atoms with Crippen molar-refractivity contribution in [3.05, 3.63) is 22.7 Å². The normalized spacial score (nSPS) is 18.1. The molecule has 0 saturated heterocycles. The van der Waals surface area contributed by atoms with Crippen molar-refractivity contribution in [2.75, 3.05) is 5.73 Å². The van der Waals surface area contributed by atoms with Crippen LogP contribution in [-0.2, 0) is 0 Å². The molecule has 0 heterocycles. The number of nitrogens with two attached hydrogens (primary N) is 1. The molecular weight excluding hydrogens is 266 g/mol. The Morgan fingerprint density at radius 1 is 1.12 bits per heavy atom. The van der Waals surface area contributed by atoms with E-state index in [1.165, 1.54) is 38.5 Å². The van der Waals surface area contributed by atoms with Crippen LogP contribution < -0.4 is 10.5 Å². The molecule has 0 bridgehead atoms. The second-order valence-corrected chi connectivity index (χ2v) is 5.28. The summed E-state index contributed by atoms with van der Waals surface area (Å²) in [6.07, 6.45) is 7.95. The predicted octanol–water partition coefficient (Wildman–Crippen LogP) is 4.13. The van der Waals surface area contributed by atoms with Gasteiger partial charge in [-0.15, -0.1) is 0 Å². The third-order valence-corrected chi connectivity index (χ3v) is 3.71. The fraction of sp³-hybridized carbons (Fsp3) is 0.538. The molecule has 0 amide bonds. The van der Waals surface area contributed by atoms with Crippen LogP contribution in [0, 0.1) is 0 Å². The van der Waals surface area contributed by atoms with Crippen LogP contribution in [0.25, 0.3) is 0 Å². The molecule has 0 radical (unpaired) electrons. The number of hydrogen-bond donors (Lipinski definition) is 1. The number of hydrogen-bond acceptors (Lipinski definition) is 2. The molecule has 2 nitrogen and oxygen atoms in total. The average Bonchev–Trinajstić information content (AvgIpc) is 2.52. The van der Waals surface area contributed by atoms with E-state index in [1.54, 1.807) is 0 Å². The quantitative estimate of drug-likeness (QED) is 0.654. The third kappa shape index (κ3) is 3.14. The van der Waals surface area contributed by atoms with Crippen LogP contribution in [0.2, 0.25) is 0 Å². The second-order valence-electron chi connectivity index (χ2n) is 4.42. The van der Waals surface area contributed by atoms with Crippen molar-refractivity contribution in [1.82, 2.24) is 0 Å². The Kier molecular flexibility index (Phi) is 4.10. The van der Waals surface area contributed by atoms with Crippen molar-refractivity contribution in [3.8, 4) is 5.75 Å². The molecular formula is C13H18BrNO. The number of ether oxygens (including phenoxy) is 1. The third-order valence-electron chi connectivity index (χ3n) is 3.05. The molecule has 1 aliphatic carbocycles. The highest BCUT2D eigenvalue weighted by molar-refractivity contribution is 9.10. The molecule has 0 aliphatic heterocycles. The maximum atomic E-state index is 6.02. The van der Waals surface area contributed by atoms with E-state index < -0.39 is 0 Å². The summed E-state index contributed by atoms with van der Waals surface area (Å²) in [5.74, 6) is 0.881. The van der Waals surface area contributed by atoms with Gasteiger partial charge in [-0.3, -0.25) is 0 Å². The van der Waals surface area contributed by atoms with Crippen LogP contribution in [0.3, 0.4) is 0 Å². The van der Waals surface area contributed by atoms with Crippen LogP contribution in [0.5, 0.6) is 5.75 Å². The lowest BCUT2D eigenvalue weighted by atomic mass is 10.1. The van der Waals surface area contributed by atoms with Gasteiger partial charge in [-0.1, -0.05) is 12.8 Å². The Hall–Kier alpha value is -0.700. The Balaban J connectivity index is 2.04. The molecule has 2 rings (SSSR count). The molecule has 1 aromatic rings. The summed E-state index contributed by atoms with van der Waals surface area (Å²) in [4.78, 5) is 0. The van der Waals surface area contributed by atoms with E-state index in [-0.39, 0.29) is 0 Å². The standard InChI is InChI=1S/C13H18BrNO/c14-12-8-7-10(15)9-13(12)16-11-5-3-1-2-4-6-11/h7-9,11H,1-6,15H2. The zero-order valence-electron chi connectivity index (χ0n) is 9.42. The molecule has 0 unspecified atom stereocenters. The minimum Gasteiger partial charge on any atom is -0.489 e. The second kappa shape index (κ2) is 5.58. The van der Waals surface area contributed by atoms with Crippen LogP contribution in [0.15, 0.2) is 22.7 Å². The van der Waals surface area contributed by atoms with Gasteiger partial charge in [-0.05, 0) is 53.7 Å². The van der Waals surface area contributed by atoms with E-state index in [0.717, 1.165) is 15.9 Å². The molecule has 3 heteroatoms. The van der Waals surface area contributed by atoms with Gasteiger partial charge in [-0.2, -0.15) is 0 Å². The highest BCUT2D eigenvalue weighted by atomic mass is 79.9. The summed E-state index contributed by atoms with van der Waals surface area (Å²) in [5, 5.41) is 0. The minimum atomic E-state index is 0.362. The predicted molar refractivity (Wildman–Crippen MR) is 70.7 cm³/mol. The minimum absolute atomic E-state index is 0.362. The summed E-state index contributed by atoms with van der Waals surface area (Å²) < 4.78 is 7.01. The van der Waals surface area contributed by atoms with Crippen molar-refractivity contribution < 1.29 is 4.74 Å². The summed E-state index contributed by atoms with van der Waals surface area (Å²) in [6, 6.07) is 5.72. The van der Waals surface area contributed by atoms with E-state index >= 15 is 0 Å². The molecule has 0 spiro atoms. The number of benzene rings is 1. The molecule has 1 fully saturated rings. The molecule has 16 heavy (non-hydrogen) atoms. The molecule has 0 atom stereocenters. The van der Waals surface area contributed by atoms with Crippen LogP contribution in [-0.4, -0.2) is 6.10 Å². The van der Waals surface area contributed by atoms with Gasteiger partial charge in [0.15, 0.2) is 0 Å². The highest BCUT2D eigenvalue weighted by Gasteiger charge is 2.14. The van der Waals surface area contributed by atoms with E-state index in [1.807, 2.05) is 18.2 Å². The largest absolute Gasteiger partial charge is 0.489 e. The first-order valence-corrected chi connectivity index (χ1v) is 6.77. The molecule has 1 aliphatic rings. The van der Waals surface area contributed by atoms with Gasteiger partial charge in [0.1, 0.15) is 5.75 Å². The van der Waals surface area contributed by atoms with Crippen LogP contribution in [0.4, 0.5) is 5.69 Å². The fourth-order valence-corrected chi connectivity index (χ4v) is 2.49. The maximum absolute atomic E-state index is 6.02. The van der Waals surface area contributed by atoms with Crippen molar-refractivity contribution >= 4 is 21.6 Å². The lowest BCUT2D eigenvalue weighted by molar-refractivity contribution is 0.182. The first kappa shape index (κ1) is 11.8. The lowest BCUT2D eigenvalue weighted by Gasteiger charge is -2.18. The van der Waals surface area contributed by atoms with Gasteiger partial charge >= 0.3 is 0 Å². The maximum Gasteiger partial charge on any atom is 0.135 e. The van der Waals surface area contributed by atoms with Crippen molar-refractivity contribution in [1.29, 1.82) is 0 Å². The molecule has 1 saturated carbocycles. The molecule has 0 aromatic heterocycles. The molecule has 2 N–H and O–H groups in total. The first-order valence-electron chi connectivity index (χ1n) is 5.97. The Bertz CT molecular complexity index is 346. The van der Waals surface area contributed by atoms with Crippen LogP contribution >= 0.6 is 15.9 Å². The van der Waals surface area contributed by atoms with Crippen molar-refractivity contribution in [3.63, 3.8) is 0 Å². The van der Waals surface area contributed by atoms with E-state index in [4.69, 9.17) is 10.5 Å². The van der Waals surface area contributed by atoms with Gasteiger partial charge in [0.2, 0.25) is 0 Å². The van der Waals surface area contributed by atoms with Gasteiger partial charge < -0.3 is 10.5 Å². The topological polar surface area (TPSA) is 35.2 Å². The average molecular weight is 284 g/mol. The summed E-state index contributed by atoms with van der Waals surface area (Å²) in [5.41, 5.74) is 6.52. The van der Waals surface area contributed by atoms with E-state index in [2.05, 4.69) is 15.9 Å².